The lowest BCUT2D eigenvalue weighted by atomic mass is 9.84. The third-order valence-corrected chi connectivity index (χ3v) is 10.8. The van der Waals surface area contributed by atoms with E-state index in [2.05, 4.69) is 161 Å². The average molecular weight is 707 g/mol. The zero-order valence-corrected chi connectivity index (χ0v) is 33.0. The maximum atomic E-state index is 11.5. The van der Waals surface area contributed by atoms with Crippen molar-refractivity contribution in [3.8, 4) is 11.1 Å². The SMILES string of the molecule is [B]/C=C(C)/C(O)=c1\c(=C(C)C)c2c(C)c(C(/C=C\C)=C/C(=C)c3c(Nc4cccc(-c5ccccc5)c4)cccc3C3C=CC=CC3)c(C)c(C)c2n1C. The Balaban J connectivity index is 1.58. The lowest BCUT2D eigenvalue weighted by Crippen LogP contribution is -2.32. The Morgan fingerprint density at radius 3 is 2.28 bits per heavy atom. The van der Waals surface area contributed by atoms with Crippen LogP contribution in [0.25, 0.3) is 44.5 Å². The lowest BCUT2D eigenvalue weighted by Gasteiger charge is -2.23. The van der Waals surface area contributed by atoms with Gasteiger partial charge in [-0.3, -0.25) is 0 Å². The highest BCUT2D eigenvalue weighted by molar-refractivity contribution is 6.18. The Kier molecular flexibility index (Phi) is 11.3. The molecule has 1 aliphatic rings. The van der Waals surface area contributed by atoms with Gasteiger partial charge in [0.1, 0.15) is 13.6 Å². The minimum absolute atomic E-state index is 0.195. The molecule has 54 heavy (non-hydrogen) atoms. The summed E-state index contributed by atoms with van der Waals surface area (Å²) in [5.41, 5.74) is 16.3. The van der Waals surface area contributed by atoms with Crippen molar-refractivity contribution in [1.29, 1.82) is 0 Å². The number of aryl methyl sites for hydroxylation is 3. The molecule has 0 saturated heterocycles. The standard InChI is InChI=1S/C50H51BN2O/c1-10-19-40(46-34(6)35(7)48-47(36(46)8)44(31(2)3)49(53(48)9)50(54)33(5)30-51)28-32(4)45-42(38-22-15-12-16-23-38)26-18-27-43(45)52-41-25-17-24-39(29-41)37-20-13-11-14-21-37/h10-22,24-30,38,52,54H,4,23H2,1-3,5-9H3/b19-10-,33-30+,40-28+,50-49-. The summed E-state index contributed by atoms with van der Waals surface area (Å²) in [5.74, 6) is 1.89. The summed E-state index contributed by atoms with van der Waals surface area (Å²) in [4.78, 5) is 0. The highest BCUT2D eigenvalue weighted by Crippen LogP contribution is 2.40. The second-order valence-corrected chi connectivity index (χ2v) is 14.6. The molecule has 0 saturated carbocycles. The summed E-state index contributed by atoms with van der Waals surface area (Å²) in [5, 5.41) is 18.2. The van der Waals surface area contributed by atoms with E-state index in [1.54, 1.807) is 0 Å². The smallest absolute Gasteiger partial charge is 0.141 e. The molecule has 1 aromatic heterocycles. The molecule has 1 atom stereocenters. The van der Waals surface area contributed by atoms with Crippen LogP contribution in [0.2, 0.25) is 0 Å². The van der Waals surface area contributed by atoms with Gasteiger partial charge in [-0.1, -0.05) is 103 Å². The Morgan fingerprint density at radius 1 is 0.889 bits per heavy atom. The molecule has 0 spiro atoms. The second kappa shape index (κ2) is 16.1. The molecule has 0 bridgehead atoms. The molecule has 2 N–H and O–H groups in total. The highest BCUT2D eigenvalue weighted by Gasteiger charge is 2.23. The van der Waals surface area contributed by atoms with Gasteiger partial charge in [-0.25, -0.2) is 0 Å². The van der Waals surface area contributed by atoms with Crippen molar-refractivity contribution in [2.24, 2.45) is 7.05 Å². The third-order valence-electron chi connectivity index (χ3n) is 10.8. The number of fused-ring (bicyclic) bond motifs is 1. The number of nitrogens with one attached hydrogen (secondary N) is 1. The molecule has 4 aromatic carbocycles. The van der Waals surface area contributed by atoms with Gasteiger partial charge >= 0.3 is 0 Å². The first-order chi connectivity index (χ1) is 26.0. The van der Waals surface area contributed by atoms with E-state index >= 15 is 0 Å². The van der Waals surface area contributed by atoms with Crippen LogP contribution in [0, 0.1) is 20.8 Å². The van der Waals surface area contributed by atoms with E-state index in [0.717, 1.165) is 72.7 Å². The van der Waals surface area contributed by atoms with Gasteiger partial charge < -0.3 is 15.0 Å². The molecule has 5 aromatic rings. The molecule has 2 radical (unpaired) electrons. The van der Waals surface area contributed by atoms with Crippen LogP contribution >= 0.6 is 0 Å². The number of benzene rings is 4. The Hall–Kier alpha value is -5.74. The van der Waals surface area contributed by atoms with Crippen LogP contribution in [0.5, 0.6) is 0 Å². The van der Waals surface area contributed by atoms with E-state index in [4.69, 9.17) is 14.4 Å². The zero-order chi connectivity index (χ0) is 38.7. The van der Waals surface area contributed by atoms with Crippen molar-refractivity contribution >= 4 is 52.6 Å². The number of rotatable bonds is 9. The molecule has 1 aliphatic carbocycles. The van der Waals surface area contributed by atoms with Crippen LogP contribution in [0.15, 0.2) is 133 Å². The number of allylic oxidation sites excluding steroid dienone is 9. The highest BCUT2D eigenvalue weighted by atomic mass is 16.3. The van der Waals surface area contributed by atoms with Crippen LogP contribution in [0.1, 0.15) is 73.4 Å². The van der Waals surface area contributed by atoms with Crippen LogP contribution in [-0.2, 0) is 7.05 Å². The maximum Gasteiger partial charge on any atom is 0.141 e. The normalized spacial score (nSPS) is 15.3. The lowest BCUT2D eigenvalue weighted by molar-refractivity contribution is 0.500. The molecule has 0 amide bonds. The number of aromatic nitrogens is 1. The van der Waals surface area contributed by atoms with Crippen molar-refractivity contribution in [3.05, 3.63) is 177 Å². The van der Waals surface area contributed by atoms with Crippen LogP contribution < -0.4 is 15.9 Å². The number of aliphatic hydroxyl groups excluding tert-OH is 1. The molecule has 0 fully saturated rings. The quantitative estimate of drug-likeness (QED) is 0.118. The third kappa shape index (κ3) is 7.13. The van der Waals surface area contributed by atoms with Gasteiger partial charge in [-0.2, -0.15) is 0 Å². The molecule has 1 heterocycles. The van der Waals surface area contributed by atoms with E-state index in [0.29, 0.717) is 5.57 Å². The average Bonchev–Trinajstić information content (AvgIpc) is 3.50. The number of anilines is 2. The second-order valence-electron chi connectivity index (χ2n) is 14.6. The molecule has 270 valence electrons. The number of hydrogen-bond donors (Lipinski definition) is 2. The van der Waals surface area contributed by atoms with E-state index in [1.165, 1.54) is 33.8 Å². The van der Waals surface area contributed by atoms with Gasteiger partial charge in [-0.05, 0) is 135 Å². The molecule has 1 unspecified atom stereocenters. The number of nitrogens with zero attached hydrogens (tertiary/aromatic N) is 1. The van der Waals surface area contributed by atoms with Crippen LogP contribution in [-0.4, -0.2) is 17.5 Å². The van der Waals surface area contributed by atoms with Crippen molar-refractivity contribution < 1.29 is 5.11 Å². The van der Waals surface area contributed by atoms with E-state index < -0.39 is 0 Å². The van der Waals surface area contributed by atoms with E-state index in [9.17, 15) is 5.11 Å². The Labute approximate surface area is 322 Å². The van der Waals surface area contributed by atoms with E-state index in [1.807, 2.05) is 20.0 Å². The van der Waals surface area contributed by atoms with Crippen molar-refractivity contribution in [2.75, 3.05) is 5.32 Å². The summed E-state index contributed by atoms with van der Waals surface area (Å²) in [6.45, 7) is 19.5. The first-order valence-electron chi connectivity index (χ1n) is 18.8. The van der Waals surface area contributed by atoms with Crippen molar-refractivity contribution in [1.82, 2.24) is 4.57 Å². The van der Waals surface area contributed by atoms with Gasteiger partial charge in [0.15, 0.2) is 0 Å². The fourth-order valence-corrected chi connectivity index (χ4v) is 8.08. The van der Waals surface area contributed by atoms with Gasteiger partial charge in [0.2, 0.25) is 0 Å². The van der Waals surface area contributed by atoms with Crippen molar-refractivity contribution in [2.45, 2.75) is 60.8 Å². The molecule has 4 heteroatoms. The van der Waals surface area contributed by atoms with Gasteiger partial charge in [-0.15, -0.1) is 5.98 Å². The zero-order valence-electron chi connectivity index (χ0n) is 33.0. The minimum Gasteiger partial charge on any atom is -0.506 e. The van der Waals surface area contributed by atoms with Crippen LogP contribution in [0.3, 0.4) is 0 Å². The summed E-state index contributed by atoms with van der Waals surface area (Å²) in [6, 6.07) is 25.6. The van der Waals surface area contributed by atoms with Gasteiger partial charge in [0.25, 0.3) is 0 Å². The fourth-order valence-electron chi connectivity index (χ4n) is 8.08. The fraction of sp³-hybridized carbons (Fsp3) is 0.200. The Morgan fingerprint density at radius 2 is 1.61 bits per heavy atom. The number of aliphatic hydroxyl groups is 1. The summed E-state index contributed by atoms with van der Waals surface area (Å²) >= 11 is 0. The first kappa shape index (κ1) is 38.0. The van der Waals surface area contributed by atoms with Gasteiger partial charge in [0.05, 0.1) is 10.9 Å². The van der Waals surface area contributed by atoms with Gasteiger partial charge in [0, 0.05) is 40.5 Å². The summed E-state index contributed by atoms with van der Waals surface area (Å²) in [6.07, 6.45) is 16.3. The number of hydrogen-bond acceptors (Lipinski definition) is 2. The topological polar surface area (TPSA) is 37.2 Å². The van der Waals surface area contributed by atoms with Crippen molar-refractivity contribution in [3.63, 3.8) is 0 Å². The Bertz CT molecular complexity index is 2550. The minimum atomic E-state index is 0.195. The molecular formula is C50H51BN2O. The molecule has 6 rings (SSSR count). The first-order valence-corrected chi connectivity index (χ1v) is 18.8. The maximum absolute atomic E-state index is 11.5. The van der Waals surface area contributed by atoms with E-state index in [-0.39, 0.29) is 11.7 Å². The largest absolute Gasteiger partial charge is 0.506 e. The predicted octanol–water partition coefficient (Wildman–Crippen LogP) is 11.7. The molecule has 3 nitrogen and oxygen atoms in total. The summed E-state index contributed by atoms with van der Waals surface area (Å²) < 4.78 is 2.13. The molecule has 0 aliphatic heterocycles. The van der Waals surface area contributed by atoms with Crippen LogP contribution in [0.4, 0.5) is 11.4 Å². The summed E-state index contributed by atoms with van der Waals surface area (Å²) in [7, 11) is 7.94. The monoisotopic (exact) mass is 706 g/mol. The predicted molar refractivity (Wildman–Crippen MR) is 236 cm³/mol. The molecular weight excluding hydrogens is 655 g/mol.